The van der Waals surface area contributed by atoms with Gasteiger partial charge in [-0.2, -0.15) is 0 Å². The molecular weight excluding hydrogens is 437 g/mol. The molecule has 0 unspecified atom stereocenters. The third-order valence-corrected chi connectivity index (χ3v) is 2.83. The van der Waals surface area contributed by atoms with Gasteiger partial charge in [0, 0.05) is 25.2 Å². The van der Waals surface area contributed by atoms with E-state index in [9.17, 15) is 0 Å². The van der Waals surface area contributed by atoms with Crippen LogP contribution in [-0.2, 0) is 4.74 Å². The number of rotatable bonds is 7. The summed E-state index contributed by atoms with van der Waals surface area (Å²) in [5.74, 6) is 1.60. The maximum absolute atomic E-state index is 5.59. The van der Waals surface area contributed by atoms with Crippen molar-refractivity contribution < 1.29 is 9.47 Å². The van der Waals surface area contributed by atoms with E-state index in [0.29, 0.717) is 19.8 Å². The van der Waals surface area contributed by atoms with E-state index < -0.39 is 0 Å². The maximum Gasteiger partial charge on any atom is 0.191 e. The Bertz CT molecular complexity index is 388. The zero-order valence-electron chi connectivity index (χ0n) is 11.7. The summed E-state index contributed by atoms with van der Waals surface area (Å²) >= 11 is 3.38. The van der Waals surface area contributed by atoms with Crippen molar-refractivity contribution in [1.82, 2.24) is 10.6 Å². The lowest BCUT2D eigenvalue weighted by Gasteiger charge is -2.12. The predicted octanol–water partition coefficient (Wildman–Crippen LogP) is 2.26. The summed E-state index contributed by atoms with van der Waals surface area (Å²) in [4.78, 5) is 4.09. The highest BCUT2D eigenvalue weighted by Crippen LogP contribution is 2.15. The predicted molar refractivity (Wildman–Crippen MR) is 96.3 cm³/mol. The lowest BCUT2D eigenvalue weighted by atomic mass is 10.3. The molecule has 0 aliphatic heterocycles. The summed E-state index contributed by atoms with van der Waals surface area (Å²) in [5.41, 5.74) is 0. The molecule has 1 rings (SSSR count). The second kappa shape index (κ2) is 12.2. The van der Waals surface area contributed by atoms with Gasteiger partial charge in [0.05, 0.1) is 13.2 Å². The molecule has 0 heterocycles. The van der Waals surface area contributed by atoms with Crippen LogP contribution in [0.3, 0.4) is 0 Å². The van der Waals surface area contributed by atoms with Crippen molar-refractivity contribution in [1.29, 1.82) is 0 Å². The molecule has 0 amide bonds. The van der Waals surface area contributed by atoms with Crippen LogP contribution in [0.2, 0.25) is 0 Å². The minimum Gasteiger partial charge on any atom is -0.492 e. The Hall–Kier alpha value is -0.540. The van der Waals surface area contributed by atoms with E-state index >= 15 is 0 Å². The van der Waals surface area contributed by atoms with Gasteiger partial charge in [0.25, 0.3) is 0 Å². The Balaban J connectivity index is 0.00000361. The van der Waals surface area contributed by atoms with Gasteiger partial charge >= 0.3 is 0 Å². The van der Waals surface area contributed by atoms with E-state index in [2.05, 4.69) is 31.6 Å². The Morgan fingerprint density at radius 3 is 2.30 bits per heavy atom. The van der Waals surface area contributed by atoms with Crippen LogP contribution in [0.25, 0.3) is 0 Å². The Kier molecular flexibility index (Phi) is 11.9. The summed E-state index contributed by atoms with van der Waals surface area (Å²) in [6.07, 6.45) is 0. The molecule has 0 fully saturated rings. The van der Waals surface area contributed by atoms with Crippen LogP contribution in [0.15, 0.2) is 33.7 Å². The second-order valence-corrected chi connectivity index (χ2v) is 4.64. The van der Waals surface area contributed by atoms with Gasteiger partial charge in [0.15, 0.2) is 5.96 Å². The fraction of sp³-hybridized carbons (Fsp3) is 0.462. The summed E-state index contributed by atoms with van der Waals surface area (Å²) < 4.78 is 11.6. The highest BCUT2D eigenvalue weighted by atomic mass is 127. The van der Waals surface area contributed by atoms with Gasteiger partial charge in [0.1, 0.15) is 12.4 Å². The lowest BCUT2D eigenvalue weighted by molar-refractivity contribution is 0.203. The third kappa shape index (κ3) is 8.60. The van der Waals surface area contributed by atoms with Gasteiger partial charge in [-0.1, -0.05) is 15.9 Å². The van der Waals surface area contributed by atoms with E-state index in [0.717, 1.165) is 22.7 Å². The molecule has 20 heavy (non-hydrogen) atoms. The van der Waals surface area contributed by atoms with Crippen molar-refractivity contribution in [3.8, 4) is 5.75 Å². The largest absolute Gasteiger partial charge is 0.492 e. The van der Waals surface area contributed by atoms with Crippen LogP contribution in [0.4, 0.5) is 0 Å². The number of benzene rings is 1. The topological polar surface area (TPSA) is 54.9 Å². The van der Waals surface area contributed by atoms with E-state index in [1.807, 2.05) is 24.3 Å². The number of ether oxygens (including phenoxy) is 2. The molecular formula is C13H21BrIN3O2. The monoisotopic (exact) mass is 457 g/mol. The van der Waals surface area contributed by atoms with Crippen molar-refractivity contribution in [2.24, 2.45) is 4.99 Å². The molecule has 5 nitrogen and oxygen atoms in total. The fourth-order valence-electron chi connectivity index (χ4n) is 1.36. The van der Waals surface area contributed by atoms with E-state index in [4.69, 9.17) is 9.47 Å². The van der Waals surface area contributed by atoms with Crippen LogP contribution in [-0.4, -0.2) is 46.4 Å². The number of hydrogen-bond donors (Lipinski definition) is 2. The summed E-state index contributed by atoms with van der Waals surface area (Å²) in [6, 6.07) is 7.76. The Morgan fingerprint density at radius 1 is 1.15 bits per heavy atom. The van der Waals surface area contributed by atoms with Crippen LogP contribution in [0, 0.1) is 0 Å². The summed E-state index contributed by atoms with van der Waals surface area (Å²) in [7, 11) is 3.40. The first kappa shape index (κ1) is 19.5. The number of hydrogen-bond acceptors (Lipinski definition) is 3. The maximum atomic E-state index is 5.59. The average molecular weight is 458 g/mol. The standard InChI is InChI=1S/C13H20BrN3O2.HI/c1-15-13(16-7-9-18-2)17-8-10-19-12-5-3-11(14)4-6-12;/h3-6H,7-10H2,1-2H3,(H2,15,16,17);1H. The number of methoxy groups -OCH3 is 1. The van der Waals surface area contributed by atoms with Crippen molar-refractivity contribution in [2.45, 2.75) is 0 Å². The molecule has 1 aromatic carbocycles. The van der Waals surface area contributed by atoms with Crippen molar-refractivity contribution in [3.63, 3.8) is 0 Å². The van der Waals surface area contributed by atoms with Crippen LogP contribution in [0.5, 0.6) is 5.75 Å². The molecule has 0 aliphatic rings. The SMILES string of the molecule is CN=C(NCCOC)NCCOc1ccc(Br)cc1.I. The quantitative estimate of drug-likeness (QED) is 0.285. The normalized spacial score (nSPS) is 10.7. The van der Waals surface area contributed by atoms with Crippen LogP contribution < -0.4 is 15.4 Å². The number of nitrogens with one attached hydrogen (secondary N) is 2. The molecule has 2 N–H and O–H groups in total. The van der Waals surface area contributed by atoms with Crippen LogP contribution in [0.1, 0.15) is 0 Å². The molecule has 0 bridgehead atoms. The first-order valence-electron chi connectivity index (χ1n) is 6.08. The fourth-order valence-corrected chi connectivity index (χ4v) is 1.63. The van der Waals surface area contributed by atoms with Crippen molar-refractivity contribution in [2.75, 3.05) is 40.5 Å². The third-order valence-electron chi connectivity index (χ3n) is 2.30. The number of halogens is 2. The second-order valence-electron chi connectivity index (χ2n) is 3.72. The number of aliphatic imine (C=N–C) groups is 1. The minimum atomic E-state index is 0. The zero-order valence-corrected chi connectivity index (χ0v) is 15.6. The Morgan fingerprint density at radius 2 is 1.75 bits per heavy atom. The van der Waals surface area contributed by atoms with Gasteiger partial charge in [-0.05, 0) is 24.3 Å². The molecule has 0 spiro atoms. The number of guanidine groups is 1. The molecule has 0 saturated heterocycles. The highest BCUT2D eigenvalue weighted by molar-refractivity contribution is 14.0. The van der Waals surface area contributed by atoms with Gasteiger partial charge in [-0.25, -0.2) is 0 Å². The summed E-state index contributed by atoms with van der Waals surface area (Å²) in [6.45, 7) is 2.63. The zero-order chi connectivity index (χ0) is 13.9. The first-order chi connectivity index (χ1) is 9.26. The van der Waals surface area contributed by atoms with Crippen LogP contribution >= 0.6 is 39.9 Å². The lowest BCUT2D eigenvalue weighted by Crippen LogP contribution is -2.40. The molecule has 1 aromatic rings. The molecule has 0 aromatic heterocycles. The first-order valence-corrected chi connectivity index (χ1v) is 6.87. The number of nitrogens with zero attached hydrogens (tertiary/aromatic N) is 1. The minimum absolute atomic E-state index is 0. The Labute approximate surface area is 145 Å². The highest BCUT2D eigenvalue weighted by Gasteiger charge is 1.97. The van der Waals surface area contributed by atoms with Crippen molar-refractivity contribution >= 4 is 45.9 Å². The molecule has 114 valence electrons. The summed E-state index contributed by atoms with van der Waals surface area (Å²) in [5, 5.41) is 6.29. The van der Waals surface area contributed by atoms with E-state index in [1.165, 1.54) is 0 Å². The van der Waals surface area contributed by atoms with Gasteiger partial charge in [-0.3, -0.25) is 4.99 Å². The van der Waals surface area contributed by atoms with Gasteiger partial charge < -0.3 is 20.1 Å². The van der Waals surface area contributed by atoms with E-state index in [-0.39, 0.29) is 24.0 Å². The molecule has 0 atom stereocenters. The molecule has 0 saturated carbocycles. The van der Waals surface area contributed by atoms with Gasteiger partial charge in [0.2, 0.25) is 0 Å². The average Bonchev–Trinajstić information content (AvgIpc) is 2.43. The molecule has 0 aliphatic carbocycles. The molecule has 0 radical (unpaired) electrons. The van der Waals surface area contributed by atoms with Crippen molar-refractivity contribution in [3.05, 3.63) is 28.7 Å². The van der Waals surface area contributed by atoms with E-state index in [1.54, 1.807) is 14.2 Å². The smallest absolute Gasteiger partial charge is 0.191 e. The van der Waals surface area contributed by atoms with Gasteiger partial charge in [-0.15, -0.1) is 24.0 Å². The molecule has 7 heteroatoms.